The summed E-state index contributed by atoms with van der Waals surface area (Å²) in [5, 5.41) is 43.5. The summed E-state index contributed by atoms with van der Waals surface area (Å²) < 4.78 is 0. The Morgan fingerprint density at radius 3 is 1.67 bits per heavy atom. The second-order valence-electron chi connectivity index (χ2n) is 14.8. The molecule has 10 nitrogen and oxygen atoms in total. The molecule has 2 atom stereocenters. The first-order valence-electron chi connectivity index (χ1n) is 18.2. The lowest BCUT2D eigenvalue weighted by Gasteiger charge is -2.27. The van der Waals surface area contributed by atoms with Crippen LogP contribution in [0.2, 0.25) is 0 Å². The minimum Gasteiger partial charge on any atom is -0.377 e. The predicted octanol–water partition coefficient (Wildman–Crippen LogP) is 9.04. The number of fused-ring (bicyclic) bond motifs is 4. The molecule has 6 N–H and O–H groups in total. The zero-order chi connectivity index (χ0) is 38.5. The Morgan fingerprint density at radius 1 is 0.704 bits per heavy atom. The third kappa shape index (κ3) is 6.10. The van der Waals surface area contributed by atoms with Gasteiger partial charge in [0.1, 0.15) is 22.9 Å². The zero-order valence-corrected chi connectivity index (χ0v) is 31.6. The smallest absolute Gasteiger partial charge is 0.145 e. The number of nitrogens with one attached hydrogen (secondary N) is 4. The van der Waals surface area contributed by atoms with Gasteiger partial charge in [-0.2, -0.15) is 10.5 Å². The highest BCUT2D eigenvalue weighted by Crippen LogP contribution is 2.41. The van der Waals surface area contributed by atoms with Crippen LogP contribution in [0.25, 0.3) is 43.9 Å². The number of aliphatic hydroxyl groups is 2. The molecule has 0 aliphatic rings. The summed E-state index contributed by atoms with van der Waals surface area (Å²) >= 11 is 0. The minimum absolute atomic E-state index is 0.249. The predicted molar refractivity (Wildman–Crippen MR) is 213 cm³/mol. The van der Waals surface area contributed by atoms with Crippen LogP contribution in [0, 0.1) is 36.5 Å². The van der Waals surface area contributed by atoms with Gasteiger partial charge in [0.15, 0.2) is 0 Å². The van der Waals surface area contributed by atoms with E-state index in [-0.39, 0.29) is 5.92 Å². The molecule has 8 rings (SSSR count). The van der Waals surface area contributed by atoms with E-state index in [4.69, 9.17) is 10.5 Å². The molecule has 0 spiro atoms. The van der Waals surface area contributed by atoms with E-state index in [2.05, 4.69) is 88.8 Å². The van der Waals surface area contributed by atoms with Gasteiger partial charge in [-0.15, -0.1) is 0 Å². The molecule has 0 amide bonds. The number of rotatable bonds is 7. The van der Waals surface area contributed by atoms with Crippen LogP contribution in [-0.4, -0.2) is 40.1 Å². The normalized spacial score (nSPS) is 13.9. The number of aromatic nitrogens is 6. The van der Waals surface area contributed by atoms with Crippen molar-refractivity contribution in [3.63, 3.8) is 0 Å². The fraction of sp³-hybridized carbons (Fsp3) is 0.273. The van der Waals surface area contributed by atoms with Gasteiger partial charge in [-0.3, -0.25) is 0 Å². The second kappa shape index (κ2) is 13.7. The molecule has 272 valence electrons. The van der Waals surface area contributed by atoms with Crippen LogP contribution in [0.3, 0.4) is 0 Å². The molecule has 0 aliphatic heterocycles. The largest absolute Gasteiger partial charge is 0.377 e. The van der Waals surface area contributed by atoms with Gasteiger partial charge in [0, 0.05) is 45.3 Å². The number of hydrogen-bond donors (Lipinski definition) is 6. The lowest BCUT2D eigenvalue weighted by molar-refractivity contribution is 0.0936. The summed E-state index contributed by atoms with van der Waals surface area (Å²) in [4.78, 5) is 22.3. The quantitative estimate of drug-likeness (QED) is 0.0958. The number of hydrogen-bond acceptors (Lipinski definition) is 6. The average molecular weight is 717 g/mol. The molecule has 0 aliphatic carbocycles. The van der Waals surface area contributed by atoms with Gasteiger partial charge in [-0.05, 0) is 111 Å². The van der Waals surface area contributed by atoms with Crippen molar-refractivity contribution < 1.29 is 10.2 Å². The lowest BCUT2D eigenvalue weighted by atomic mass is 9.82. The van der Waals surface area contributed by atoms with E-state index in [0.717, 1.165) is 84.5 Å². The maximum absolute atomic E-state index is 11.6. The molecule has 4 heterocycles. The van der Waals surface area contributed by atoms with Gasteiger partial charge in [0.2, 0.25) is 0 Å². The number of nitriles is 2. The van der Waals surface area contributed by atoms with Crippen molar-refractivity contribution in [3.05, 3.63) is 129 Å². The van der Waals surface area contributed by atoms with Gasteiger partial charge < -0.3 is 30.1 Å². The van der Waals surface area contributed by atoms with Gasteiger partial charge in [0.05, 0.1) is 45.3 Å². The van der Waals surface area contributed by atoms with Crippen LogP contribution in [0.15, 0.2) is 73.1 Å². The van der Waals surface area contributed by atoms with Crippen LogP contribution in [0.5, 0.6) is 0 Å². The first-order valence-corrected chi connectivity index (χ1v) is 18.2. The minimum atomic E-state index is -1.31. The molecule has 0 fully saturated rings. The molecule has 8 aromatic rings. The number of aromatic amines is 4. The Labute approximate surface area is 313 Å². The van der Waals surface area contributed by atoms with Crippen molar-refractivity contribution in [3.8, 4) is 12.1 Å². The Bertz CT molecular complexity index is 2780. The van der Waals surface area contributed by atoms with Crippen molar-refractivity contribution in [2.24, 2.45) is 0 Å². The Kier molecular flexibility index (Phi) is 9.14. The van der Waals surface area contributed by atoms with Gasteiger partial charge in [0.25, 0.3) is 0 Å². The molecule has 10 heteroatoms. The standard InChI is InChI=1S/2C22H22N4O/c1-12(2)16-9-13(3)20-15(7-8-24-20)19(16)22(4,27)21-25-17-6-5-14(11-23)10-18(17)26-21;1-4-5-15-10-13(2)20-16(8-9-24-20)19(15)22(3,27)21-25-17-7-6-14(12-23)11-18(17)26-21/h5-10,12,24,27H,1-4H3,(H,25,26);6-11,24,27H,4-5H2,1-3H3,(H,25,26). The number of nitrogens with zero attached hydrogens (tertiary/aromatic N) is 4. The highest BCUT2D eigenvalue weighted by atomic mass is 16.3. The molecular formula is C44H44N8O2. The van der Waals surface area contributed by atoms with E-state index in [1.165, 1.54) is 5.56 Å². The number of aryl methyl sites for hydroxylation is 3. The third-order valence-electron chi connectivity index (χ3n) is 10.5. The van der Waals surface area contributed by atoms with E-state index in [0.29, 0.717) is 22.8 Å². The van der Waals surface area contributed by atoms with Crippen LogP contribution >= 0.6 is 0 Å². The molecule has 0 bridgehead atoms. The summed E-state index contributed by atoms with van der Waals surface area (Å²) in [5.41, 5.74) is 9.84. The average Bonchev–Trinajstić information content (AvgIpc) is 3.97. The summed E-state index contributed by atoms with van der Waals surface area (Å²) in [5.74, 6) is 1.20. The van der Waals surface area contributed by atoms with Crippen molar-refractivity contribution in [1.29, 1.82) is 10.5 Å². The Hall–Kier alpha value is -6.20. The summed E-state index contributed by atoms with van der Waals surface area (Å²) in [6.07, 6.45) is 5.68. The summed E-state index contributed by atoms with van der Waals surface area (Å²) in [6.45, 7) is 14.1. The van der Waals surface area contributed by atoms with E-state index >= 15 is 0 Å². The summed E-state index contributed by atoms with van der Waals surface area (Å²) in [6, 6.07) is 23.2. The monoisotopic (exact) mass is 716 g/mol. The van der Waals surface area contributed by atoms with Gasteiger partial charge >= 0.3 is 0 Å². The first kappa shape index (κ1) is 36.2. The van der Waals surface area contributed by atoms with Crippen LogP contribution < -0.4 is 0 Å². The topological polar surface area (TPSA) is 177 Å². The fourth-order valence-corrected chi connectivity index (χ4v) is 7.82. The first-order chi connectivity index (χ1) is 25.8. The SMILES string of the molecule is CCCc1cc(C)c2[nH]ccc2c1C(C)(O)c1nc2ccc(C#N)cc2[nH]1.Cc1cc(C(C)C)c(C(C)(O)c2nc3ccc(C#N)cc3[nH]2)c2cc[nH]c12. The highest BCUT2D eigenvalue weighted by molar-refractivity contribution is 5.90. The fourth-order valence-electron chi connectivity index (χ4n) is 7.82. The van der Waals surface area contributed by atoms with E-state index < -0.39 is 11.2 Å². The van der Waals surface area contributed by atoms with Crippen LogP contribution in [-0.2, 0) is 17.6 Å². The molecule has 0 radical (unpaired) electrons. The van der Waals surface area contributed by atoms with Crippen molar-refractivity contribution in [2.45, 2.75) is 78.4 Å². The third-order valence-corrected chi connectivity index (χ3v) is 10.5. The Morgan fingerprint density at radius 2 is 1.19 bits per heavy atom. The number of benzene rings is 4. The Balaban J connectivity index is 0.000000167. The maximum Gasteiger partial charge on any atom is 0.145 e. The second-order valence-corrected chi connectivity index (χ2v) is 14.8. The molecular weight excluding hydrogens is 673 g/mol. The molecule has 4 aromatic heterocycles. The van der Waals surface area contributed by atoms with Gasteiger partial charge in [-0.25, -0.2) is 9.97 Å². The van der Waals surface area contributed by atoms with E-state index in [1.54, 1.807) is 50.2 Å². The van der Waals surface area contributed by atoms with Crippen molar-refractivity contribution in [1.82, 2.24) is 29.9 Å². The van der Waals surface area contributed by atoms with E-state index in [9.17, 15) is 10.2 Å². The van der Waals surface area contributed by atoms with Crippen LogP contribution in [0.1, 0.15) is 103 Å². The highest BCUT2D eigenvalue weighted by Gasteiger charge is 2.36. The van der Waals surface area contributed by atoms with E-state index in [1.807, 2.05) is 24.5 Å². The molecule has 0 saturated heterocycles. The van der Waals surface area contributed by atoms with Crippen molar-refractivity contribution >= 4 is 43.9 Å². The lowest BCUT2D eigenvalue weighted by Crippen LogP contribution is -2.27. The maximum atomic E-state index is 11.6. The zero-order valence-electron chi connectivity index (χ0n) is 31.6. The molecule has 4 aromatic carbocycles. The van der Waals surface area contributed by atoms with Gasteiger partial charge in [-0.1, -0.05) is 39.3 Å². The number of imidazole rings is 2. The number of H-pyrrole nitrogens is 4. The van der Waals surface area contributed by atoms with Crippen molar-refractivity contribution in [2.75, 3.05) is 0 Å². The van der Waals surface area contributed by atoms with Crippen LogP contribution in [0.4, 0.5) is 0 Å². The molecule has 54 heavy (non-hydrogen) atoms. The molecule has 0 saturated carbocycles. The summed E-state index contributed by atoms with van der Waals surface area (Å²) in [7, 11) is 0. The molecule has 2 unspecified atom stereocenters.